The molecule has 1 aromatic rings. The maximum Gasteiger partial charge on any atom is 0.312 e. The number of nitrogens with zero attached hydrogens (tertiary/aromatic N) is 2. The molecule has 3 amide bonds. The van der Waals surface area contributed by atoms with E-state index in [0.717, 1.165) is 11.1 Å². The fourth-order valence-electron chi connectivity index (χ4n) is 7.09. The van der Waals surface area contributed by atoms with Gasteiger partial charge in [-0.05, 0) is 56.7 Å². The summed E-state index contributed by atoms with van der Waals surface area (Å²) in [6.07, 6.45) is 3.08. The van der Waals surface area contributed by atoms with Crippen LogP contribution in [-0.4, -0.2) is 88.1 Å². The van der Waals surface area contributed by atoms with Crippen LogP contribution in [-0.2, 0) is 28.7 Å². The fraction of sp³-hybridized carbons (Fsp3) is 0.588. The van der Waals surface area contributed by atoms with E-state index in [1.807, 2.05) is 45.9 Å². The van der Waals surface area contributed by atoms with E-state index in [0.29, 0.717) is 18.5 Å². The predicted molar refractivity (Wildman–Crippen MR) is 175 cm³/mol. The molecule has 3 fully saturated rings. The average Bonchev–Trinajstić information content (AvgIpc) is 3.58. The smallest absolute Gasteiger partial charge is 0.312 e. The first-order valence-corrected chi connectivity index (χ1v) is 16.6. The molecule has 0 aliphatic carbocycles. The normalized spacial score (nSPS) is 28.0. The highest BCUT2D eigenvalue weighted by molar-refractivity contribution is 9.09. The molecule has 11 heteroatoms. The summed E-state index contributed by atoms with van der Waals surface area (Å²) in [5.74, 6) is -3.71. The summed E-state index contributed by atoms with van der Waals surface area (Å²) in [5.41, 5.74) is 1.22. The number of likely N-dealkylation sites (tertiary alicyclic amines) is 1. The molecular formula is C34H46BrN3O7. The second-order valence-electron chi connectivity index (χ2n) is 12.8. The summed E-state index contributed by atoms with van der Waals surface area (Å²) in [6.45, 7) is 16.8. The van der Waals surface area contributed by atoms with E-state index >= 15 is 0 Å². The lowest BCUT2D eigenvalue weighted by atomic mass is 9.70. The van der Waals surface area contributed by atoms with Crippen LogP contribution in [0.1, 0.15) is 51.2 Å². The summed E-state index contributed by atoms with van der Waals surface area (Å²) in [7, 11) is 0. The number of carbonyl (C=O) groups is 4. The first-order valence-electron chi connectivity index (χ1n) is 15.6. The molecule has 3 aliphatic rings. The minimum Gasteiger partial charge on any atom is -0.460 e. The van der Waals surface area contributed by atoms with Crippen molar-refractivity contribution in [2.45, 2.75) is 88.6 Å². The number of nitrogens with one attached hydrogen (secondary N) is 1. The highest BCUT2D eigenvalue weighted by Gasteiger charge is 2.77. The van der Waals surface area contributed by atoms with Crippen molar-refractivity contribution in [1.82, 2.24) is 10.2 Å². The van der Waals surface area contributed by atoms with Crippen molar-refractivity contribution in [3.05, 3.63) is 54.6 Å². The Kier molecular flexibility index (Phi) is 11.0. The molecule has 2 N–H and O–H groups in total. The molecule has 1 aromatic carbocycles. The van der Waals surface area contributed by atoms with Crippen LogP contribution in [0.25, 0.3) is 0 Å². The van der Waals surface area contributed by atoms with Crippen LogP contribution in [0.15, 0.2) is 43.5 Å². The number of allylic oxidation sites excluding steroid dienone is 1. The Hall–Kier alpha value is -3.02. The molecule has 45 heavy (non-hydrogen) atoms. The second kappa shape index (κ2) is 14.2. The van der Waals surface area contributed by atoms with Gasteiger partial charge in [-0.3, -0.25) is 19.2 Å². The molecule has 1 unspecified atom stereocenters. The van der Waals surface area contributed by atoms with Gasteiger partial charge in [0.1, 0.15) is 17.7 Å². The summed E-state index contributed by atoms with van der Waals surface area (Å²) in [4.78, 5) is 58.0. The van der Waals surface area contributed by atoms with E-state index in [-0.39, 0.29) is 48.7 Å². The molecule has 246 valence electrons. The van der Waals surface area contributed by atoms with Crippen molar-refractivity contribution < 1.29 is 33.8 Å². The van der Waals surface area contributed by atoms with Gasteiger partial charge in [0, 0.05) is 23.5 Å². The number of esters is 1. The van der Waals surface area contributed by atoms with Crippen molar-refractivity contribution in [2.75, 3.05) is 24.6 Å². The number of fused-ring (bicyclic) bond motifs is 1. The lowest BCUT2D eigenvalue weighted by molar-refractivity contribution is -0.159. The van der Waals surface area contributed by atoms with Gasteiger partial charge >= 0.3 is 5.97 Å². The molecule has 10 nitrogen and oxygen atoms in total. The molecular weight excluding hydrogens is 642 g/mol. The minimum absolute atomic E-state index is 0.112. The second-order valence-corrected chi connectivity index (χ2v) is 14.0. The average molecular weight is 689 g/mol. The summed E-state index contributed by atoms with van der Waals surface area (Å²) < 4.78 is 12.4. The first-order chi connectivity index (χ1) is 21.3. The third-order valence-electron chi connectivity index (χ3n) is 9.26. The van der Waals surface area contributed by atoms with Crippen LogP contribution < -0.4 is 10.2 Å². The topological polar surface area (TPSA) is 125 Å². The predicted octanol–water partition coefficient (Wildman–Crippen LogP) is 3.60. The number of ether oxygens (including phenoxy) is 2. The number of carbonyl (C=O) groups excluding carboxylic acids is 4. The first kappa shape index (κ1) is 34.8. The molecule has 1 spiro atoms. The highest BCUT2D eigenvalue weighted by atomic mass is 79.9. The number of anilines is 1. The minimum atomic E-state index is -1.32. The maximum absolute atomic E-state index is 14.9. The molecule has 8 atom stereocenters. The van der Waals surface area contributed by atoms with E-state index in [2.05, 4.69) is 34.4 Å². The Morgan fingerprint density at radius 3 is 2.58 bits per heavy atom. The fourth-order valence-corrected chi connectivity index (χ4v) is 8.03. The van der Waals surface area contributed by atoms with E-state index in [4.69, 9.17) is 9.47 Å². The van der Waals surface area contributed by atoms with Crippen LogP contribution in [0, 0.1) is 31.6 Å². The van der Waals surface area contributed by atoms with Crippen LogP contribution in [0.3, 0.4) is 0 Å². The van der Waals surface area contributed by atoms with Crippen LogP contribution in [0.5, 0.6) is 0 Å². The largest absolute Gasteiger partial charge is 0.460 e. The van der Waals surface area contributed by atoms with Gasteiger partial charge in [0.05, 0.1) is 37.1 Å². The number of amides is 3. The number of aryl methyl sites for hydroxylation is 2. The Balaban J connectivity index is 1.72. The zero-order valence-corrected chi connectivity index (χ0v) is 28.4. The zero-order valence-electron chi connectivity index (χ0n) is 26.8. The molecule has 2 bridgehead atoms. The number of aliphatic hydroxyl groups excluding tert-OH is 1. The molecule has 3 aliphatic heterocycles. The van der Waals surface area contributed by atoms with E-state index in [1.165, 1.54) is 4.90 Å². The van der Waals surface area contributed by atoms with Gasteiger partial charge < -0.3 is 29.7 Å². The Morgan fingerprint density at radius 2 is 1.96 bits per heavy atom. The van der Waals surface area contributed by atoms with Gasteiger partial charge in [0.2, 0.25) is 11.8 Å². The quantitative estimate of drug-likeness (QED) is 0.174. The summed E-state index contributed by atoms with van der Waals surface area (Å²) in [5, 5.41) is 13.3. The number of aliphatic hydroxyl groups is 1. The standard InChI is InChI=1S/C34H46BrN3O7/c1-8-10-11-26(40)36-17-22(7)44-33(43)27-28-31(41)38(25(18-39)19(3)4)30(34(28)16-23(35)29(27)45-34)32(42)37(14-9-2)24-15-20(5)12-13-21(24)6/h8-9,12-13,15,19,22-23,25,27-30,39H,1-2,10-11,14,16-18H2,3-7H3,(H,36,40)/t22-,23?,25-,27-,28+,29-,30-,34+/m0/s1. The van der Waals surface area contributed by atoms with Crippen molar-refractivity contribution >= 4 is 45.3 Å². The molecule has 3 saturated heterocycles. The summed E-state index contributed by atoms with van der Waals surface area (Å²) >= 11 is 3.69. The highest BCUT2D eigenvalue weighted by Crippen LogP contribution is 2.61. The maximum atomic E-state index is 14.9. The van der Waals surface area contributed by atoms with E-state index < -0.39 is 53.6 Å². The third kappa shape index (κ3) is 6.49. The number of halogens is 1. The van der Waals surface area contributed by atoms with Gasteiger partial charge in [-0.2, -0.15) is 0 Å². The third-order valence-corrected chi connectivity index (χ3v) is 10.1. The monoisotopic (exact) mass is 687 g/mol. The van der Waals surface area contributed by atoms with E-state index in [1.54, 1.807) is 24.0 Å². The lowest BCUT2D eigenvalue weighted by Gasteiger charge is -2.40. The molecule has 4 rings (SSSR count). The van der Waals surface area contributed by atoms with Crippen molar-refractivity contribution in [3.63, 3.8) is 0 Å². The number of alkyl halides is 1. The lowest BCUT2D eigenvalue weighted by Crippen LogP contribution is -2.60. The van der Waals surface area contributed by atoms with Crippen LogP contribution in [0.4, 0.5) is 5.69 Å². The van der Waals surface area contributed by atoms with Gasteiger partial charge in [0.15, 0.2) is 0 Å². The van der Waals surface area contributed by atoms with Gasteiger partial charge in [0.25, 0.3) is 5.91 Å². The van der Waals surface area contributed by atoms with Crippen molar-refractivity contribution in [3.8, 4) is 0 Å². The SMILES string of the molecule is C=CCCC(=O)NC[C@H](C)OC(=O)[C@@H]1[C@H]2O[C@@]3(CC2Br)[C@H](C(=O)N(CC=C)c2cc(C)ccc2C)N([C@@H](CO)C(C)C)C(=O)[C@@H]13. The zero-order chi connectivity index (χ0) is 33.2. The van der Waals surface area contributed by atoms with Gasteiger partial charge in [-0.25, -0.2) is 0 Å². The molecule has 0 saturated carbocycles. The van der Waals surface area contributed by atoms with Crippen LogP contribution in [0.2, 0.25) is 0 Å². The van der Waals surface area contributed by atoms with Gasteiger partial charge in [-0.1, -0.05) is 54.1 Å². The van der Waals surface area contributed by atoms with E-state index in [9.17, 15) is 24.3 Å². The molecule has 0 radical (unpaired) electrons. The Morgan fingerprint density at radius 1 is 1.24 bits per heavy atom. The van der Waals surface area contributed by atoms with Crippen LogP contribution >= 0.6 is 15.9 Å². The number of rotatable bonds is 14. The van der Waals surface area contributed by atoms with Crippen molar-refractivity contribution in [1.29, 1.82) is 0 Å². The van der Waals surface area contributed by atoms with Crippen molar-refractivity contribution in [2.24, 2.45) is 17.8 Å². The number of hydrogen-bond donors (Lipinski definition) is 2. The molecule has 3 heterocycles. The van der Waals surface area contributed by atoms with Gasteiger partial charge in [-0.15, -0.1) is 13.2 Å². The number of benzene rings is 1. The Bertz CT molecular complexity index is 1330. The summed E-state index contributed by atoms with van der Waals surface area (Å²) in [6, 6.07) is 4.05. The number of hydrogen-bond acceptors (Lipinski definition) is 7. The Labute approximate surface area is 274 Å². The molecule has 0 aromatic heterocycles.